The number of benzene rings is 2. The van der Waals surface area contributed by atoms with Crippen LogP contribution >= 0.6 is 0 Å². The highest BCUT2D eigenvalue weighted by Crippen LogP contribution is 2.47. The van der Waals surface area contributed by atoms with Gasteiger partial charge in [-0.05, 0) is 30.2 Å². The number of hydrogen-bond acceptors (Lipinski definition) is 6. The number of aromatic nitrogens is 4. The third kappa shape index (κ3) is 3.17. The normalized spacial score (nSPS) is 16.4. The van der Waals surface area contributed by atoms with E-state index in [0.717, 1.165) is 37.0 Å². The van der Waals surface area contributed by atoms with Crippen LogP contribution in [0.5, 0.6) is 11.5 Å². The number of hydrogen-bond donors (Lipinski definition) is 1. The van der Waals surface area contributed by atoms with E-state index in [1.54, 1.807) is 12.1 Å². The number of nitrogens with one attached hydrogen (secondary N) is 1. The average molecular weight is 377 g/mol. The molecule has 1 fully saturated rings. The summed E-state index contributed by atoms with van der Waals surface area (Å²) in [6.45, 7) is -0.0296. The molecule has 2 aromatic carbocycles. The van der Waals surface area contributed by atoms with Crippen LogP contribution in [0.15, 0.2) is 48.5 Å². The minimum atomic E-state index is -0.510. The molecule has 1 saturated carbocycles. The molecule has 2 heterocycles. The molecule has 0 bridgehead atoms. The van der Waals surface area contributed by atoms with Gasteiger partial charge >= 0.3 is 0 Å². The number of ether oxygens (including phenoxy) is 2. The van der Waals surface area contributed by atoms with Crippen molar-refractivity contribution in [2.45, 2.75) is 38.0 Å². The van der Waals surface area contributed by atoms with Crippen molar-refractivity contribution >= 4 is 11.6 Å². The zero-order valence-electron chi connectivity index (χ0n) is 15.2. The second-order valence-electron chi connectivity index (χ2n) is 7.04. The molecular formula is C20H19N5O3. The summed E-state index contributed by atoms with van der Waals surface area (Å²) in [5.74, 6) is 1.13. The zero-order valence-corrected chi connectivity index (χ0v) is 15.2. The van der Waals surface area contributed by atoms with Gasteiger partial charge in [-0.1, -0.05) is 30.3 Å². The lowest BCUT2D eigenvalue weighted by molar-refractivity contribution is -0.117. The molecule has 0 radical (unpaired) electrons. The number of anilines is 1. The first-order valence-corrected chi connectivity index (χ1v) is 9.34. The van der Waals surface area contributed by atoms with E-state index >= 15 is 0 Å². The maximum absolute atomic E-state index is 12.4. The van der Waals surface area contributed by atoms with Gasteiger partial charge in [-0.2, -0.15) is 4.80 Å². The molecule has 1 N–H and O–H groups in total. The number of tetrazole rings is 1. The highest BCUT2D eigenvalue weighted by atomic mass is 16.7. The van der Waals surface area contributed by atoms with Gasteiger partial charge in [0.25, 0.3) is 5.79 Å². The van der Waals surface area contributed by atoms with Crippen molar-refractivity contribution in [2.75, 3.05) is 5.32 Å². The minimum absolute atomic E-state index is 0.0296. The lowest BCUT2D eigenvalue weighted by atomic mass is 10.2. The first-order valence-electron chi connectivity index (χ1n) is 9.34. The summed E-state index contributed by atoms with van der Waals surface area (Å²) in [4.78, 5) is 13.6. The molecule has 0 saturated heterocycles. The standard InChI is InChI=1S/C20H19N5O3/c26-18(13-25-23-19(22-24-25)14-6-2-1-3-7-14)21-15-8-9-16-17(12-15)28-20(27-16)10-4-5-11-20/h1-3,6-9,12H,4-5,10-11,13H2,(H,21,26). The van der Waals surface area contributed by atoms with Crippen LogP contribution in [0.4, 0.5) is 5.69 Å². The van der Waals surface area contributed by atoms with Crippen LogP contribution in [0.3, 0.4) is 0 Å². The molecule has 5 rings (SSSR count). The molecule has 142 valence electrons. The molecule has 0 atom stereocenters. The van der Waals surface area contributed by atoms with E-state index < -0.39 is 5.79 Å². The predicted molar refractivity (Wildman–Crippen MR) is 101 cm³/mol. The van der Waals surface area contributed by atoms with E-state index in [1.807, 2.05) is 36.4 Å². The van der Waals surface area contributed by atoms with Crippen molar-refractivity contribution in [3.05, 3.63) is 48.5 Å². The topological polar surface area (TPSA) is 91.2 Å². The number of amides is 1. The summed E-state index contributed by atoms with van der Waals surface area (Å²) in [5.41, 5.74) is 1.50. The number of carbonyl (C=O) groups is 1. The van der Waals surface area contributed by atoms with Gasteiger partial charge in [0.2, 0.25) is 11.7 Å². The second-order valence-corrected chi connectivity index (χ2v) is 7.04. The Labute approximate surface area is 161 Å². The summed E-state index contributed by atoms with van der Waals surface area (Å²) in [6.07, 6.45) is 4.00. The molecule has 3 aromatic rings. The molecule has 8 heteroatoms. The summed E-state index contributed by atoms with van der Waals surface area (Å²) in [5, 5.41) is 15.1. The Balaban J connectivity index is 1.24. The Bertz CT molecular complexity index is 1010. The fraction of sp³-hybridized carbons (Fsp3) is 0.300. The Kier molecular flexibility index (Phi) is 3.96. The second kappa shape index (κ2) is 6.63. The van der Waals surface area contributed by atoms with Gasteiger partial charge in [-0.25, -0.2) is 0 Å². The summed E-state index contributed by atoms with van der Waals surface area (Å²) in [6, 6.07) is 14.9. The van der Waals surface area contributed by atoms with Crippen molar-refractivity contribution in [1.82, 2.24) is 20.2 Å². The Morgan fingerprint density at radius 3 is 2.68 bits per heavy atom. The number of fused-ring (bicyclic) bond motifs is 1. The summed E-state index contributed by atoms with van der Waals surface area (Å²) >= 11 is 0. The monoisotopic (exact) mass is 377 g/mol. The quantitative estimate of drug-likeness (QED) is 0.751. The third-order valence-corrected chi connectivity index (χ3v) is 4.95. The average Bonchev–Trinajstić information content (AvgIpc) is 3.42. The molecule has 28 heavy (non-hydrogen) atoms. The van der Waals surface area contributed by atoms with Gasteiger partial charge in [0, 0.05) is 30.2 Å². The Morgan fingerprint density at radius 1 is 1.07 bits per heavy atom. The van der Waals surface area contributed by atoms with E-state index in [0.29, 0.717) is 17.3 Å². The SMILES string of the molecule is O=C(Cn1nnc(-c2ccccc2)n1)Nc1ccc2c(c1)OC1(CCCC1)O2. The van der Waals surface area contributed by atoms with Crippen molar-refractivity contribution in [3.63, 3.8) is 0 Å². The van der Waals surface area contributed by atoms with Crippen LogP contribution in [0.1, 0.15) is 25.7 Å². The van der Waals surface area contributed by atoms with E-state index in [4.69, 9.17) is 9.47 Å². The molecule has 2 aliphatic rings. The highest BCUT2D eigenvalue weighted by molar-refractivity contribution is 5.90. The fourth-order valence-corrected chi connectivity index (χ4v) is 3.63. The summed E-state index contributed by atoms with van der Waals surface area (Å²) < 4.78 is 12.0. The van der Waals surface area contributed by atoms with Crippen molar-refractivity contribution in [2.24, 2.45) is 0 Å². The largest absolute Gasteiger partial charge is 0.448 e. The zero-order chi connectivity index (χ0) is 19.0. The van der Waals surface area contributed by atoms with Crippen LogP contribution in [0.2, 0.25) is 0 Å². The number of rotatable bonds is 4. The maximum atomic E-state index is 12.4. The van der Waals surface area contributed by atoms with Crippen LogP contribution in [0, 0.1) is 0 Å². The van der Waals surface area contributed by atoms with E-state index in [-0.39, 0.29) is 12.5 Å². The molecular weight excluding hydrogens is 358 g/mol. The predicted octanol–water partition coefficient (Wildman–Crippen LogP) is 3.02. The van der Waals surface area contributed by atoms with Crippen LogP contribution < -0.4 is 14.8 Å². The van der Waals surface area contributed by atoms with Crippen molar-refractivity contribution in [3.8, 4) is 22.9 Å². The van der Waals surface area contributed by atoms with E-state index in [9.17, 15) is 4.79 Å². The lowest BCUT2D eigenvalue weighted by Gasteiger charge is -2.21. The van der Waals surface area contributed by atoms with Gasteiger partial charge < -0.3 is 14.8 Å². The van der Waals surface area contributed by atoms with E-state index in [1.165, 1.54) is 4.80 Å². The smallest absolute Gasteiger partial charge is 0.251 e. The molecule has 8 nitrogen and oxygen atoms in total. The van der Waals surface area contributed by atoms with Crippen LogP contribution in [-0.2, 0) is 11.3 Å². The first kappa shape index (κ1) is 16.7. The van der Waals surface area contributed by atoms with Crippen LogP contribution in [0.25, 0.3) is 11.4 Å². The Hall–Kier alpha value is -3.42. The molecule has 1 aliphatic heterocycles. The molecule has 1 aromatic heterocycles. The first-order chi connectivity index (χ1) is 13.7. The summed E-state index contributed by atoms with van der Waals surface area (Å²) in [7, 11) is 0. The van der Waals surface area contributed by atoms with Crippen molar-refractivity contribution in [1.29, 1.82) is 0 Å². The molecule has 1 amide bonds. The molecule has 1 spiro atoms. The molecule has 1 aliphatic carbocycles. The van der Waals surface area contributed by atoms with Gasteiger partial charge in [-0.15, -0.1) is 10.2 Å². The van der Waals surface area contributed by atoms with Crippen molar-refractivity contribution < 1.29 is 14.3 Å². The number of carbonyl (C=O) groups excluding carboxylic acids is 1. The van der Waals surface area contributed by atoms with Crippen LogP contribution in [-0.4, -0.2) is 31.9 Å². The van der Waals surface area contributed by atoms with Gasteiger partial charge in [0.1, 0.15) is 6.54 Å². The Morgan fingerprint density at radius 2 is 1.86 bits per heavy atom. The fourth-order valence-electron chi connectivity index (χ4n) is 3.63. The lowest BCUT2D eigenvalue weighted by Crippen LogP contribution is -2.34. The highest BCUT2D eigenvalue weighted by Gasteiger charge is 2.44. The van der Waals surface area contributed by atoms with Gasteiger partial charge in [-0.3, -0.25) is 4.79 Å². The number of nitrogens with zero attached hydrogens (tertiary/aromatic N) is 4. The minimum Gasteiger partial charge on any atom is -0.448 e. The van der Waals surface area contributed by atoms with Gasteiger partial charge in [0.15, 0.2) is 11.5 Å². The maximum Gasteiger partial charge on any atom is 0.251 e. The van der Waals surface area contributed by atoms with E-state index in [2.05, 4.69) is 20.7 Å². The molecule has 0 unspecified atom stereocenters. The third-order valence-electron chi connectivity index (χ3n) is 4.95. The van der Waals surface area contributed by atoms with Gasteiger partial charge in [0.05, 0.1) is 0 Å².